The van der Waals surface area contributed by atoms with Gasteiger partial charge in [-0.1, -0.05) is 24.6 Å². The minimum atomic E-state index is -0.155. The summed E-state index contributed by atoms with van der Waals surface area (Å²) in [7, 11) is 0. The monoisotopic (exact) mass is 333 g/mol. The minimum absolute atomic E-state index is 0.155. The van der Waals surface area contributed by atoms with Crippen LogP contribution in [0.4, 0.5) is 5.69 Å². The predicted octanol–water partition coefficient (Wildman–Crippen LogP) is 3.73. The number of nitrogens with zero attached hydrogens (tertiary/aromatic N) is 2. The van der Waals surface area contributed by atoms with Crippen LogP contribution in [-0.4, -0.2) is 23.9 Å². The molecule has 0 fully saturated rings. The summed E-state index contributed by atoms with van der Waals surface area (Å²) in [6.07, 6.45) is 0. The van der Waals surface area contributed by atoms with E-state index in [4.69, 9.17) is 16.9 Å². The summed E-state index contributed by atoms with van der Waals surface area (Å²) < 4.78 is 0. The second-order valence-electron chi connectivity index (χ2n) is 4.73. The van der Waals surface area contributed by atoms with Crippen LogP contribution in [0.3, 0.4) is 0 Å². The fraction of sp³-hybridized carbons (Fsp3) is 0.250. The Hall–Kier alpha value is -1.87. The lowest BCUT2D eigenvalue weighted by Gasteiger charge is -2.19. The maximum Gasteiger partial charge on any atom is 0.238 e. The van der Waals surface area contributed by atoms with Crippen LogP contribution in [0.2, 0.25) is 5.02 Å². The highest BCUT2D eigenvalue weighted by Crippen LogP contribution is 2.20. The standard InChI is InChI=1S/C16H16ClN3OS/c1-2-20(10-14-4-3-7-22-14)11-16(21)19-15-8-13(17)6-5-12(15)9-18/h3-8H,2,10-11H2,1H3,(H,19,21). The van der Waals surface area contributed by atoms with E-state index in [2.05, 4.69) is 11.4 Å². The summed E-state index contributed by atoms with van der Waals surface area (Å²) in [4.78, 5) is 15.4. The van der Waals surface area contributed by atoms with Gasteiger partial charge in [-0.15, -0.1) is 11.3 Å². The van der Waals surface area contributed by atoms with Crippen molar-refractivity contribution < 1.29 is 4.79 Å². The lowest BCUT2D eigenvalue weighted by Crippen LogP contribution is -2.32. The lowest BCUT2D eigenvalue weighted by atomic mass is 10.2. The first-order valence-electron chi connectivity index (χ1n) is 6.86. The van der Waals surface area contributed by atoms with Crippen molar-refractivity contribution in [3.05, 3.63) is 51.2 Å². The number of thiophene rings is 1. The topological polar surface area (TPSA) is 56.1 Å². The summed E-state index contributed by atoms with van der Waals surface area (Å²) in [5.41, 5.74) is 0.853. The van der Waals surface area contributed by atoms with Crippen LogP contribution < -0.4 is 5.32 Å². The van der Waals surface area contributed by atoms with Gasteiger partial charge in [-0.2, -0.15) is 5.26 Å². The van der Waals surface area contributed by atoms with Gasteiger partial charge in [0.1, 0.15) is 6.07 Å². The van der Waals surface area contributed by atoms with E-state index in [1.807, 2.05) is 29.3 Å². The smallest absolute Gasteiger partial charge is 0.238 e. The van der Waals surface area contributed by atoms with E-state index in [1.54, 1.807) is 29.5 Å². The van der Waals surface area contributed by atoms with Crippen LogP contribution in [-0.2, 0) is 11.3 Å². The van der Waals surface area contributed by atoms with E-state index in [1.165, 1.54) is 4.88 Å². The van der Waals surface area contributed by atoms with E-state index < -0.39 is 0 Å². The van der Waals surface area contributed by atoms with Crippen molar-refractivity contribution in [1.29, 1.82) is 5.26 Å². The number of nitriles is 1. The fourth-order valence-electron chi connectivity index (χ4n) is 2.01. The Balaban J connectivity index is 2.00. The lowest BCUT2D eigenvalue weighted by molar-refractivity contribution is -0.117. The molecule has 0 saturated carbocycles. The first-order valence-corrected chi connectivity index (χ1v) is 8.12. The van der Waals surface area contributed by atoms with Gasteiger partial charge in [0.25, 0.3) is 0 Å². The van der Waals surface area contributed by atoms with Gasteiger partial charge in [-0.05, 0) is 36.2 Å². The molecule has 2 aromatic rings. The molecule has 114 valence electrons. The summed E-state index contributed by atoms with van der Waals surface area (Å²) in [6, 6.07) is 10.9. The number of rotatable bonds is 6. The maximum absolute atomic E-state index is 12.2. The summed E-state index contributed by atoms with van der Waals surface area (Å²) in [6.45, 7) is 3.79. The van der Waals surface area contributed by atoms with Gasteiger partial charge in [0, 0.05) is 16.4 Å². The average Bonchev–Trinajstić information content (AvgIpc) is 2.99. The number of carbonyl (C=O) groups is 1. The molecule has 4 nitrogen and oxygen atoms in total. The van der Waals surface area contributed by atoms with Gasteiger partial charge in [0.05, 0.1) is 17.8 Å². The summed E-state index contributed by atoms with van der Waals surface area (Å²) in [5.74, 6) is -0.155. The SMILES string of the molecule is CCN(CC(=O)Nc1cc(Cl)ccc1C#N)Cc1cccs1. The molecule has 2 rings (SSSR count). The quantitative estimate of drug-likeness (QED) is 0.876. The van der Waals surface area contributed by atoms with Crippen LogP contribution in [0.1, 0.15) is 17.4 Å². The third-order valence-corrected chi connectivity index (χ3v) is 4.25. The van der Waals surface area contributed by atoms with Crippen LogP contribution in [0.5, 0.6) is 0 Å². The molecule has 1 aromatic carbocycles. The van der Waals surface area contributed by atoms with Crippen molar-refractivity contribution in [2.24, 2.45) is 0 Å². The number of nitrogens with one attached hydrogen (secondary N) is 1. The summed E-state index contributed by atoms with van der Waals surface area (Å²) >= 11 is 7.59. The molecule has 22 heavy (non-hydrogen) atoms. The second-order valence-corrected chi connectivity index (χ2v) is 6.20. The molecule has 0 unspecified atom stereocenters. The maximum atomic E-state index is 12.2. The van der Waals surface area contributed by atoms with Crippen molar-refractivity contribution >= 4 is 34.5 Å². The van der Waals surface area contributed by atoms with Crippen molar-refractivity contribution in [2.75, 3.05) is 18.4 Å². The van der Waals surface area contributed by atoms with Gasteiger partial charge in [-0.3, -0.25) is 9.69 Å². The second kappa shape index (κ2) is 7.95. The molecule has 0 aliphatic heterocycles. The Morgan fingerprint density at radius 3 is 2.91 bits per heavy atom. The first kappa shape index (κ1) is 16.5. The van der Waals surface area contributed by atoms with Crippen molar-refractivity contribution in [1.82, 2.24) is 4.90 Å². The summed E-state index contributed by atoms with van der Waals surface area (Å²) in [5, 5.41) is 14.3. The molecule has 0 saturated heterocycles. The van der Waals surface area contributed by atoms with Crippen LogP contribution in [0, 0.1) is 11.3 Å². The number of amides is 1. The van der Waals surface area contributed by atoms with Gasteiger partial charge in [-0.25, -0.2) is 0 Å². The van der Waals surface area contributed by atoms with Crippen molar-refractivity contribution in [3.8, 4) is 6.07 Å². The Kier molecular flexibility index (Phi) is 5.96. The molecule has 0 aliphatic carbocycles. The Labute approximate surface area is 138 Å². The zero-order valence-electron chi connectivity index (χ0n) is 12.2. The molecule has 1 N–H and O–H groups in total. The molecule has 0 atom stereocenters. The molecule has 1 aromatic heterocycles. The highest BCUT2D eigenvalue weighted by molar-refractivity contribution is 7.09. The number of likely N-dealkylation sites (N-methyl/N-ethyl adjacent to an activating group) is 1. The van der Waals surface area contributed by atoms with Crippen LogP contribution >= 0.6 is 22.9 Å². The zero-order chi connectivity index (χ0) is 15.9. The fourth-order valence-corrected chi connectivity index (χ4v) is 2.93. The van der Waals surface area contributed by atoms with Crippen molar-refractivity contribution in [3.63, 3.8) is 0 Å². The van der Waals surface area contributed by atoms with E-state index in [0.29, 0.717) is 16.3 Å². The first-order chi connectivity index (χ1) is 10.6. The molecule has 0 aliphatic rings. The molecular formula is C16H16ClN3OS. The molecule has 1 amide bonds. The number of hydrogen-bond donors (Lipinski definition) is 1. The largest absolute Gasteiger partial charge is 0.324 e. The third kappa shape index (κ3) is 4.57. The molecular weight excluding hydrogens is 318 g/mol. The van der Waals surface area contributed by atoms with E-state index in [-0.39, 0.29) is 12.5 Å². The Morgan fingerprint density at radius 1 is 1.45 bits per heavy atom. The Morgan fingerprint density at radius 2 is 2.27 bits per heavy atom. The van der Waals surface area contributed by atoms with E-state index >= 15 is 0 Å². The third-order valence-electron chi connectivity index (χ3n) is 3.15. The molecule has 0 bridgehead atoms. The minimum Gasteiger partial charge on any atom is -0.324 e. The number of anilines is 1. The van der Waals surface area contributed by atoms with Gasteiger partial charge < -0.3 is 5.32 Å². The molecule has 0 radical (unpaired) electrons. The normalized spacial score (nSPS) is 10.5. The van der Waals surface area contributed by atoms with Gasteiger partial charge in [0.2, 0.25) is 5.91 Å². The number of carbonyl (C=O) groups excluding carboxylic acids is 1. The highest BCUT2D eigenvalue weighted by atomic mass is 35.5. The van der Waals surface area contributed by atoms with Crippen LogP contribution in [0.15, 0.2) is 35.7 Å². The number of benzene rings is 1. The van der Waals surface area contributed by atoms with E-state index in [9.17, 15) is 4.79 Å². The molecule has 1 heterocycles. The Bertz CT molecular complexity index is 679. The zero-order valence-corrected chi connectivity index (χ0v) is 13.7. The predicted molar refractivity (Wildman–Crippen MR) is 90.1 cm³/mol. The highest BCUT2D eigenvalue weighted by Gasteiger charge is 2.12. The molecule has 0 spiro atoms. The molecule has 6 heteroatoms. The number of hydrogen-bond acceptors (Lipinski definition) is 4. The van der Waals surface area contributed by atoms with Crippen molar-refractivity contribution in [2.45, 2.75) is 13.5 Å². The van der Waals surface area contributed by atoms with Gasteiger partial charge in [0.15, 0.2) is 0 Å². The van der Waals surface area contributed by atoms with E-state index in [0.717, 1.165) is 13.1 Å². The van der Waals surface area contributed by atoms with Gasteiger partial charge >= 0.3 is 0 Å². The number of halogens is 1. The van der Waals surface area contributed by atoms with Crippen LogP contribution in [0.25, 0.3) is 0 Å². The average molecular weight is 334 g/mol.